The van der Waals surface area contributed by atoms with Crippen molar-refractivity contribution in [3.63, 3.8) is 0 Å². The normalized spacial score (nSPS) is 10.3. The van der Waals surface area contributed by atoms with E-state index in [-0.39, 0.29) is 6.61 Å². The monoisotopic (exact) mass is 200 g/mol. The van der Waals surface area contributed by atoms with Gasteiger partial charge < -0.3 is 10.4 Å². The maximum Gasteiger partial charge on any atom is 0.0634 e. The summed E-state index contributed by atoms with van der Waals surface area (Å²) in [5.41, 5.74) is 1.04. The van der Waals surface area contributed by atoms with Crippen LogP contribution in [0.1, 0.15) is 12.0 Å². The van der Waals surface area contributed by atoms with E-state index >= 15 is 0 Å². The van der Waals surface area contributed by atoms with Gasteiger partial charge in [-0.05, 0) is 24.6 Å². The number of halogens is 1. The minimum Gasteiger partial charge on any atom is -0.396 e. The Balaban J connectivity index is 2.32. The average molecular weight is 201 g/mol. The van der Waals surface area contributed by atoms with Crippen LogP contribution in [0.3, 0.4) is 0 Å². The number of hydrogen-bond donors (Lipinski definition) is 2. The molecular weight excluding hydrogens is 188 g/mol. The molecule has 0 aliphatic carbocycles. The summed E-state index contributed by atoms with van der Waals surface area (Å²) in [5, 5.41) is 12.4. The summed E-state index contributed by atoms with van der Waals surface area (Å²) in [5.74, 6) is 0. The predicted molar refractivity (Wildman–Crippen MR) is 52.7 cm³/mol. The lowest BCUT2D eigenvalue weighted by atomic mass is 10.2. The van der Waals surface area contributed by atoms with Crippen molar-refractivity contribution in [1.29, 1.82) is 0 Å². The molecule has 0 fully saturated rings. The van der Waals surface area contributed by atoms with Gasteiger partial charge in [-0.2, -0.15) is 0 Å². The van der Waals surface area contributed by atoms with Gasteiger partial charge in [0.15, 0.2) is 0 Å². The highest BCUT2D eigenvalue weighted by molar-refractivity contribution is 6.31. The van der Waals surface area contributed by atoms with E-state index in [0.717, 1.165) is 25.1 Å². The van der Waals surface area contributed by atoms with Crippen LogP contribution in [0.25, 0.3) is 0 Å². The first kappa shape index (κ1) is 10.4. The van der Waals surface area contributed by atoms with E-state index < -0.39 is 0 Å². The molecule has 0 aliphatic heterocycles. The molecular formula is C9H13ClN2O. The van der Waals surface area contributed by atoms with Crippen molar-refractivity contribution in [2.75, 3.05) is 13.2 Å². The standard InChI is InChI=1S/C9H13ClN2O/c10-9-7-12-4-2-8(9)6-11-3-1-5-13/h2,4,7,11,13H,1,3,5-6H2. The Morgan fingerprint density at radius 1 is 1.54 bits per heavy atom. The highest BCUT2D eigenvalue weighted by Crippen LogP contribution is 2.12. The van der Waals surface area contributed by atoms with E-state index in [2.05, 4.69) is 10.3 Å². The molecule has 1 aromatic rings. The molecule has 0 saturated heterocycles. The maximum atomic E-state index is 8.54. The van der Waals surface area contributed by atoms with Crippen LogP contribution in [-0.2, 0) is 6.54 Å². The molecule has 0 spiro atoms. The topological polar surface area (TPSA) is 45.1 Å². The van der Waals surface area contributed by atoms with E-state index in [1.807, 2.05) is 6.07 Å². The SMILES string of the molecule is OCCCNCc1ccncc1Cl. The van der Waals surface area contributed by atoms with E-state index in [0.29, 0.717) is 5.02 Å². The lowest BCUT2D eigenvalue weighted by Crippen LogP contribution is -2.15. The maximum absolute atomic E-state index is 8.54. The minimum absolute atomic E-state index is 0.219. The van der Waals surface area contributed by atoms with Crippen LogP contribution in [-0.4, -0.2) is 23.2 Å². The molecule has 0 bridgehead atoms. The Hall–Kier alpha value is -0.640. The molecule has 13 heavy (non-hydrogen) atoms. The molecule has 0 amide bonds. The molecule has 0 aliphatic rings. The quantitative estimate of drug-likeness (QED) is 0.703. The summed E-state index contributed by atoms with van der Waals surface area (Å²) in [6, 6.07) is 1.88. The summed E-state index contributed by atoms with van der Waals surface area (Å²) in [4.78, 5) is 3.89. The fourth-order valence-electron chi connectivity index (χ4n) is 0.974. The van der Waals surface area contributed by atoms with E-state index in [1.165, 1.54) is 0 Å². The molecule has 0 atom stereocenters. The van der Waals surface area contributed by atoms with Gasteiger partial charge in [-0.25, -0.2) is 0 Å². The van der Waals surface area contributed by atoms with Gasteiger partial charge in [-0.3, -0.25) is 4.98 Å². The number of rotatable bonds is 5. The van der Waals surface area contributed by atoms with Crippen LogP contribution in [0.2, 0.25) is 5.02 Å². The van der Waals surface area contributed by atoms with Crippen molar-refractivity contribution in [1.82, 2.24) is 10.3 Å². The van der Waals surface area contributed by atoms with Crippen molar-refractivity contribution in [3.05, 3.63) is 29.0 Å². The summed E-state index contributed by atoms with van der Waals surface area (Å²) < 4.78 is 0. The third kappa shape index (κ3) is 3.72. The Morgan fingerprint density at radius 2 is 2.38 bits per heavy atom. The highest BCUT2D eigenvalue weighted by atomic mass is 35.5. The second-order valence-electron chi connectivity index (χ2n) is 2.72. The predicted octanol–water partition coefficient (Wildman–Crippen LogP) is 1.21. The molecule has 1 heterocycles. The second kappa shape index (κ2) is 5.91. The molecule has 0 radical (unpaired) electrons. The first-order valence-corrected chi connectivity index (χ1v) is 4.62. The molecule has 1 rings (SSSR count). The average Bonchev–Trinajstić information content (AvgIpc) is 2.15. The molecule has 3 nitrogen and oxygen atoms in total. The largest absolute Gasteiger partial charge is 0.396 e. The zero-order valence-electron chi connectivity index (χ0n) is 7.33. The summed E-state index contributed by atoms with van der Waals surface area (Å²) in [6.07, 6.45) is 4.11. The van der Waals surface area contributed by atoms with Crippen molar-refractivity contribution in [2.45, 2.75) is 13.0 Å². The first-order valence-electron chi connectivity index (χ1n) is 4.24. The third-order valence-corrected chi connectivity index (χ3v) is 2.02. The summed E-state index contributed by atoms with van der Waals surface area (Å²) >= 11 is 5.89. The van der Waals surface area contributed by atoms with Crippen LogP contribution in [0.15, 0.2) is 18.5 Å². The fourth-order valence-corrected chi connectivity index (χ4v) is 1.16. The fraction of sp³-hybridized carbons (Fsp3) is 0.444. The molecule has 0 unspecified atom stereocenters. The van der Waals surface area contributed by atoms with Crippen LogP contribution in [0.4, 0.5) is 0 Å². The molecule has 0 saturated carbocycles. The van der Waals surface area contributed by atoms with Crippen LogP contribution >= 0.6 is 11.6 Å². The Morgan fingerprint density at radius 3 is 3.08 bits per heavy atom. The number of nitrogens with one attached hydrogen (secondary N) is 1. The van der Waals surface area contributed by atoms with Crippen molar-refractivity contribution < 1.29 is 5.11 Å². The first-order chi connectivity index (χ1) is 6.34. The number of aliphatic hydroxyl groups is 1. The number of hydrogen-bond acceptors (Lipinski definition) is 3. The summed E-state index contributed by atoms with van der Waals surface area (Å²) in [6.45, 7) is 1.74. The third-order valence-electron chi connectivity index (χ3n) is 1.68. The van der Waals surface area contributed by atoms with E-state index in [4.69, 9.17) is 16.7 Å². The number of nitrogens with zero attached hydrogens (tertiary/aromatic N) is 1. The zero-order chi connectivity index (χ0) is 9.52. The van der Waals surface area contributed by atoms with Crippen molar-refractivity contribution >= 4 is 11.6 Å². The minimum atomic E-state index is 0.219. The smallest absolute Gasteiger partial charge is 0.0634 e. The highest BCUT2D eigenvalue weighted by Gasteiger charge is 1.97. The Kier molecular flexibility index (Phi) is 4.75. The lowest BCUT2D eigenvalue weighted by Gasteiger charge is -2.04. The van der Waals surface area contributed by atoms with Gasteiger partial charge in [-0.1, -0.05) is 11.6 Å². The Labute approximate surface area is 82.8 Å². The zero-order valence-corrected chi connectivity index (χ0v) is 8.09. The number of aliphatic hydroxyl groups excluding tert-OH is 1. The summed E-state index contributed by atoms with van der Waals surface area (Å²) in [7, 11) is 0. The van der Waals surface area contributed by atoms with Gasteiger partial charge in [-0.15, -0.1) is 0 Å². The number of aromatic nitrogens is 1. The van der Waals surface area contributed by atoms with Gasteiger partial charge in [0.2, 0.25) is 0 Å². The van der Waals surface area contributed by atoms with Gasteiger partial charge >= 0.3 is 0 Å². The lowest BCUT2D eigenvalue weighted by molar-refractivity contribution is 0.286. The van der Waals surface area contributed by atoms with E-state index in [9.17, 15) is 0 Å². The van der Waals surface area contributed by atoms with Crippen molar-refractivity contribution in [2.24, 2.45) is 0 Å². The van der Waals surface area contributed by atoms with Gasteiger partial charge in [0.05, 0.1) is 5.02 Å². The van der Waals surface area contributed by atoms with Crippen LogP contribution in [0, 0.1) is 0 Å². The molecule has 0 aromatic carbocycles. The van der Waals surface area contributed by atoms with Crippen molar-refractivity contribution in [3.8, 4) is 0 Å². The van der Waals surface area contributed by atoms with Gasteiger partial charge in [0.25, 0.3) is 0 Å². The molecule has 1 aromatic heterocycles. The van der Waals surface area contributed by atoms with E-state index in [1.54, 1.807) is 12.4 Å². The molecule has 4 heteroatoms. The van der Waals surface area contributed by atoms with Crippen LogP contribution in [0.5, 0.6) is 0 Å². The Bertz CT molecular complexity index is 255. The van der Waals surface area contributed by atoms with Gasteiger partial charge in [0.1, 0.15) is 0 Å². The van der Waals surface area contributed by atoms with Gasteiger partial charge in [0, 0.05) is 25.5 Å². The van der Waals surface area contributed by atoms with Crippen LogP contribution < -0.4 is 5.32 Å². The number of pyridine rings is 1. The second-order valence-corrected chi connectivity index (χ2v) is 3.13. The molecule has 72 valence electrons. The molecule has 2 N–H and O–H groups in total.